The van der Waals surface area contributed by atoms with Crippen LogP contribution in [0.25, 0.3) is 0 Å². The van der Waals surface area contributed by atoms with E-state index < -0.39 is 44.8 Å². The Bertz CT molecular complexity index is 495. The minimum Gasteiger partial charge on any atom is -0.478 e. The van der Waals surface area contributed by atoms with Crippen LogP contribution in [0.3, 0.4) is 0 Å². The second-order valence-corrected chi connectivity index (χ2v) is 3.75. The predicted octanol–water partition coefficient (Wildman–Crippen LogP) is -0.284. The van der Waals surface area contributed by atoms with Gasteiger partial charge in [-0.25, -0.2) is 19.2 Å². The molecule has 0 aliphatic rings. The van der Waals surface area contributed by atoms with E-state index >= 15 is 0 Å². The maximum Gasteiger partial charge on any atom is 0.346 e. The normalized spacial score (nSPS) is 9.33. The van der Waals surface area contributed by atoms with Crippen LogP contribution in [0.5, 0.6) is 0 Å². The topological polar surface area (TPSA) is 181 Å². The monoisotopic (exact) mass is 278 g/mol. The first-order valence-electron chi connectivity index (χ1n) is 3.87. The fraction of sp³-hybridized carbons (Fsp3) is 0. The molecule has 0 spiro atoms. The van der Waals surface area contributed by atoms with Gasteiger partial charge in [0, 0.05) is 0 Å². The van der Waals surface area contributed by atoms with E-state index in [9.17, 15) is 19.2 Å². The molecule has 98 valence electrons. The highest BCUT2D eigenvalue weighted by molar-refractivity contribution is 7.16. The molecule has 0 amide bonds. The van der Waals surface area contributed by atoms with Gasteiger partial charge >= 0.3 is 23.9 Å². The van der Waals surface area contributed by atoms with E-state index in [0.717, 1.165) is 0 Å². The highest BCUT2D eigenvalue weighted by atomic mass is 32.1. The molecule has 6 N–H and O–H groups in total. The summed E-state index contributed by atoms with van der Waals surface area (Å²) in [7, 11) is 0. The summed E-state index contributed by atoms with van der Waals surface area (Å²) in [5, 5.41) is 34.8. The zero-order valence-corrected chi connectivity index (χ0v) is 9.15. The Kier molecular flexibility index (Phi) is 4.53. The van der Waals surface area contributed by atoms with Gasteiger partial charge in [0.25, 0.3) is 0 Å². The van der Waals surface area contributed by atoms with Crippen LogP contribution in [0.1, 0.15) is 40.1 Å². The molecule has 0 saturated carbocycles. The zero-order chi connectivity index (χ0) is 13.3. The molecule has 9 nitrogen and oxygen atoms in total. The fourth-order valence-corrected chi connectivity index (χ4v) is 2.10. The van der Waals surface area contributed by atoms with Crippen LogP contribution in [-0.2, 0) is 0 Å². The lowest BCUT2D eigenvalue weighted by Gasteiger charge is -1.96. The highest BCUT2D eigenvalue weighted by Gasteiger charge is 2.33. The van der Waals surface area contributed by atoms with Crippen LogP contribution >= 0.6 is 11.3 Å². The summed E-state index contributed by atoms with van der Waals surface area (Å²) in [6.07, 6.45) is 0. The van der Waals surface area contributed by atoms with Gasteiger partial charge in [-0.3, -0.25) is 0 Å². The summed E-state index contributed by atoms with van der Waals surface area (Å²) in [5.41, 5.74) is -2.04. The van der Waals surface area contributed by atoms with Gasteiger partial charge in [0.05, 0.1) is 0 Å². The lowest BCUT2D eigenvalue weighted by atomic mass is 10.1. The lowest BCUT2D eigenvalue weighted by Crippen LogP contribution is -2.12. The Morgan fingerprint density at radius 3 is 1.11 bits per heavy atom. The lowest BCUT2D eigenvalue weighted by molar-refractivity contribution is 0.0628. The molecule has 0 bridgehead atoms. The third-order valence-electron chi connectivity index (χ3n) is 1.72. The van der Waals surface area contributed by atoms with Crippen molar-refractivity contribution in [2.24, 2.45) is 0 Å². The average molecular weight is 278 g/mol. The van der Waals surface area contributed by atoms with Crippen LogP contribution in [0, 0.1) is 0 Å². The van der Waals surface area contributed by atoms with Gasteiger partial charge in [0.15, 0.2) is 0 Å². The first-order valence-corrected chi connectivity index (χ1v) is 4.69. The van der Waals surface area contributed by atoms with E-state index in [0.29, 0.717) is 0 Å². The Balaban J connectivity index is 0.00000289. The van der Waals surface area contributed by atoms with E-state index in [2.05, 4.69) is 0 Å². The second-order valence-electron chi connectivity index (χ2n) is 2.73. The molecule has 0 fully saturated rings. The molecule has 18 heavy (non-hydrogen) atoms. The summed E-state index contributed by atoms with van der Waals surface area (Å²) in [5.74, 6) is -6.99. The Morgan fingerprint density at radius 1 is 0.667 bits per heavy atom. The fourth-order valence-electron chi connectivity index (χ4n) is 1.14. The molecular formula is C8H6O9S. The molecule has 0 radical (unpaired) electrons. The van der Waals surface area contributed by atoms with Gasteiger partial charge in [-0.15, -0.1) is 11.3 Å². The largest absolute Gasteiger partial charge is 0.478 e. The summed E-state index contributed by atoms with van der Waals surface area (Å²) >= 11 is 0.0982. The van der Waals surface area contributed by atoms with Crippen molar-refractivity contribution >= 4 is 35.2 Å². The zero-order valence-electron chi connectivity index (χ0n) is 8.33. The van der Waals surface area contributed by atoms with E-state index in [4.69, 9.17) is 20.4 Å². The Hall–Kier alpha value is -2.46. The van der Waals surface area contributed by atoms with Gasteiger partial charge in [0.1, 0.15) is 20.9 Å². The van der Waals surface area contributed by atoms with Crippen LogP contribution in [0.2, 0.25) is 0 Å². The number of rotatable bonds is 4. The SMILES string of the molecule is O.O=C(O)c1sc(C(=O)O)c(C(=O)O)c1C(=O)O. The maximum absolute atomic E-state index is 10.8. The first-order chi connectivity index (χ1) is 7.77. The third-order valence-corrected chi connectivity index (χ3v) is 2.89. The molecule has 1 aromatic heterocycles. The van der Waals surface area contributed by atoms with Crippen molar-refractivity contribution in [2.75, 3.05) is 0 Å². The Morgan fingerprint density at radius 2 is 0.944 bits per heavy atom. The van der Waals surface area contributed by atoms with Crippen LogP contribution in [0.15, 0.2) is 0 Å². The number of hydrogen-bond donors (Lipinski definition) is 4. The van der Waals surface area contributed by atoms with E-state index in [-0.39, 0.29) is 16.8 Å². The molecule has 1 rings (SSSR count). The number of hydrogen-bond acceptors (Lipinski definition) is 5. The van der Waals surface area contributed by atoms with E-state index in [1.54, 1.807) is 0 Å². The van der Waals surface area contributed by atoms with Crippen molar-refractivity contribution in [3.05, 3.63) is 20.9 Å². The number of carbonyl (C=O) groups is 4. The van der Waals surface area contributed by atoms with Crippen molar-refractivity contribution in [1.82, 2.24) is 0 Å². The Labute approximate surface area is 102 Å². The molecule has 0 atom stereocenters. The smallest absolute Gasteiger partial charge is 0.346 e. The van der Waals surface area contributed by atoms with Crippen molar-refractivity contribution in [3.63, 3.8) is 0 Å². The highest BCUT2D eigenvalue weighted by Crippen LogP contribution is 2.29. The molecule has 0 unspecified atom stereocenters. The number of aromatic carboxylic acids is 4. The third kappa shape index (κ3) is 2.44. The quantitative estimate of drug-likeness (QED) is 0.579. The van der Waals surface area contributed by atoms with Crippen LogP contribution in [0.4, 0.5) is 0 Å². The van der Waals surface area contributed by atoms with Gasteiger partial charge < -0.3 is 25.9 Å². The standard InChI is InChI=1S/C8H4O8S.H2O/c9-5(10)1-2(6(11)12)4(8(15)16)17-3(1)7(13)14;/h(H,9,10)(H,11,12)(H,13,14)(H,15,16);1H2. The molecule has 0 saturated heterocycles. The van der Waals surface area contributed by atoms with Crippen molar-refractivity contribution in [2.45, 2.75) is 0 Å². The van der Waals surface area contributed by atoms with Gasteiger partial charge in [0.2, 0.25) is 0 Å². The molecule has 10 heteroatoms. The van der Waals surface area contributed by atoms with Crippen molar-refractivity contribution < 1.29 is 45.1 Å². The van der Waals surface area contributed by atoms with E-state index in [1.165, 1.54) is 0 Å². The molecule has 0 aromatic carbocycles. The predicted molar refractivity (Wildman–Crippen MR) is 55.8 cm³/mol. The van der Waals surface area contributed by atoms with Crippen molar-refractivity contribution in [1.29, 1.82) is 0 Å². The molecular weight excluding hydrogens is 272 g/mol. The summed E-state index contributed by atoms with van der Waals surface area (Å²) in [6.45, 7) is 0. The first kappa shape index (κ1) is 15.5. The molecule has 1 heterocycles. The minimum atomic E-state index is -1.80. The molecule has 0 aliphatic heterocycles. The average Bonchev–Trinajstić information content (AvgIpc) is 2.56. The number of thiophene rings is 1. The number of carboxylic acids is 4. The van der Waals surface area contributed by atoms with E-state index in [1.807, 2.05) is 0 Å². The maximum atomic E-state index is 10.8. The van der Waals surface area contributed by atoms with Gasteiger partial charge in [-0.1, -0.05) is 0 Å². The molecule has 1 aromatic rings. The second kappa shape index (κ2) is 5.25. The summed E-state index contributed by atoms with van der Waals surface area (Å²) in [4.78, 5) is 41.3. The minimum absolute atomic E-state index is 0. The van der Waals surface area contributed by atoms with Crippen LogP contribution in [-0.4, -0.2) is 49.8 Å². The van der Waals surface area contributed by atoms with Gasteiger partial charge in [-0.05, 0) is 0 Å². The molecule has 0 aliphatic carbocycles. The van der Waals surface area contributed by atoms with Crippen molar-refractivity contribution in [3.8, 4) is 0 Å². The summed E-state index contributed by atoms with van der Waals surface area (Å²) in [6, 6.07) is 0. The van der Waals surface area contributed by atoms with Crippen LogP contribution < -0.4 is 0 Å². The number of carboxylic acid groups (broad SMARTS) is 4. The summed E-state index contributed by atoms with van der Waals surface area (Å²) < 4.78 is 0. The van der Waals surface area contributed by atoms with Gasteiger partial charge in [-0.2, -0.15) is 0 Å².